The molecule has 154 valence electrons. The van der Waals surface area contributed by atoms with Gasteiger partial charge in [-0.2, -0.15) is 5.26 Å². The van der Waals surface area contributed by atoms with Gasteiger partial charge in [-0.25, -0.2) is 4.68 Å². The molecule has 0 spiro atoms. The maximum atomic E-state index is 9.40. The van der Waals surface area contributed by atoms with E-state index in [2.05, 4.69) is 34.7 Å². The van der Waals surface area contributed by atoms with Crippen LogP contribution in [0.25, 0.3) is 0 Å². The Bertz CT molecular complexity index is 1020. The monoisotopic (exact) mass is 405 g/mol. The predicted molar refractivity (Wildman–Crippen MR) is 110 cm³/mol. The van der Waals surface area contributed by atoms with E-state index < -0.39 is 0 Å². The number of quaternary nitrogens is 2. The Morgan fingerprint density at radius 2 is 1.90 bits per heavy atom. The number of hydrogen-bond acceptors (Lipinski definition) is 5. The highest BCUT2D eigenvalue weighted by Gasteiger charge is 2.34. The van der Waals surface area contributed by atoms with Crippen molar-refractivity contribution < 1.29 is 14.5 Å². The summed E-state index contributed by atoms with van der Waals surface area (Å²) in [7, 11) is 3.89. The fraction of sp³-hybridized carbons (Fsp3) is 0.364. The van der Waals surface area contributed by atoms with Crippen LogP contribution >= 0.6 is 0 Å². The van der Waals surface area contributed by atoms with Crippen molar-refractivity contribution in [3.63, 3.8) is 0 Å². The first-order valence-electron chi connectivity index (χ1n) is 10.2. The van der Waals surface area contributed by atoms with Gasteiger partial charge in [-0.15, -0.1) is 5.10 Å². The lowest BCUT2D eigenvalue weighted by atomic mass is 10.0. The van der Waals surface area contributed by atoms with Gasteiger partial charge >= 0.3 is 0 Å². The number of nitrogens with one attached hydrogen (secondary N) is 2. The van der Waals surface area contributed by atoms with Crippen LogP contribution in [0.2, 0.25) is 0 Å². The van der Waals surface area contributed by atoms with Crippen molar-refractivity contribution in [1.82, 2.24) is 20.2 Å². The predicted octanol–water partition coefficient (Wildman–Crippen LogP) is -0.896. The third-order valence-corrected chi connectivity index (χ3v) is 5.81. The molecule has 2 heterocycles. The lowest BCUT2D eigenvalue weighted by Crippen LogP contribution is -3.27. The van der Waals surface area contributed by atoms with E-state index in [1.165, 1.54) is 4.90 Å². The molecule has 0 radical (unpaired) electrons. The molecule has 1 aliphatic heterocycles. The molecular weight excluding hydrogens is 378 g/mol. The molecule has 0 unspecified atom stereocenters. The average Bonchev–Trinajstić information content (AvgIpc) is 3.23. The number of methoxy groups -OCH3 is 1. The number of rotatable bonds is 6. The first-order chi connectivity index (χ1) is 14.7. The van der Waals surface area contributed by atoms with Gasteiger partial charge in [0.25, 0.3) is 0 Å². The highest BCUT2D eigenvalue weighted by Crippen LogP contribution is 2.20. The Morgan fingerprint density at radius 3 is 2.60 bits per heavy atom. The van der Waals surface area contributed by atoms with Crippen LogP contribution in [-0.4, -0.2) is 60.5 Å². The van der Waals surface area contributed by atoms with E-state index in [4.69, 9.17) is 4.74 Å². The van der Waals surface area contributed by atoms with Crippen LogP contribution in [0.15, 0.2) is 48.5 Å². The van der Waals surface area contributed by atoms with Crippen LogP contribution in [0.4, 0.5) is 0 Å². The number of nitrogens with zero attached hydrogens (tertiary/aromatic N) is 5. The standard InChI is InChI=1S/C22H25N7O/c1-27-10-12-28(13-11-27)21(19-5-3-4-18(14-19)15-23)22-24-25-26-29(22)16-17-6-8-20(30-2)9-7-17/h3-9,14,21H,10-13,16H2,1-2H3/p+2/t21-/m0/s1. The summed E-state index contributed by atoms with van der Waals surface area (Å²) >= 11 is 0. The van der Waals surface area contributed by atoms with Gasteiger partial charge in [0, 0.05) is 5.56 Å². The molecule has 1 aromatic heterocycles. The maximum Gasteiger partial charge on any atom is 0.214 e. The van der Waals surface area contributed by atoms with Crippen LogP contribution < -0.4 is 14.5 Å². The summed E-state index contributed by atoms with van der Waals surface area (Å²) in [4.78, 5) is 2.97. The SMILES string of the molecule is COc1ccc(Cn2nnnc2[C@H](c2cccc(C#N)c2)[NH+]2CC[NH+](C)CC2)cc1. The van der Waals surface area contributed by atoms with Crippen molar-refractivity contribution in [3.8, 4) is 11.8 Å². The third kappa shape index (κ3) is 4.32. The van der Waals surface area contributed by atoms with Crippen molar-refractivity contribution in [2.24, 2.45) is 0 Å². The molecule has 0 saturated carbocycles. The molecule has 1 atom stereocenters. The van der Waals surface area contributed by atoms with Gasteiger partial charge in [-0.05, 0) is 40.3 Å². The van der Waals surface area contributed by atoms with E-state index in [1.807, 2.05) is 47.1 Å². The topological polar surface area (TPSA) is 85.5 Å². The van der Waals surface area contributed by atoms with Gasteiger partial charge in [-0.3, -0.25) is 0 Å². The summed E-state index contributed by atoms with van der Waals surface area (Å²) in [5.41, 5.74) is 2.84. The highest BCUT2D eigenvalue weighted by molar-refractivity contribution is 5.35. The minimum atomic E-state index is -0.0142. The molecule has 0 bridgehead atoms. The largest absolute Gasteiger partial charge is 0.497 e. The van der Waals surface area contributed by atoms with Crippen LogP contribution in [0, 0.1) is 11.3 Å². The number of hydrogen-bond donors (Lipinski definition) is 2. The summed E-state index contributed by atoms with van der Waals surface area (Å²) in [6.45, 7) is 4.85. The van der Waals surface area contributed by atoms with Crippen molar-refractivity contribution in [2.75, 3.05) is 40.3 Å². The maximum absolute atomic E-state index is 9.40. The van der Waals surface area contributed by atoms with Crippen molar-refractivity contribution in [1.29, 1.82) is 5.26 Å². The number of nitriles is 1. The fourth-order valence-electron chi connectivity index (χ4n) is 4.08. The second kappa shape index (κ2) is 9.03. The van der Waals surface area contributed by atoms with E-state index in [0.29, 0.717) is 12.1 Å². The second-order valence-electron chi connectivity index (χ2n) is 7.83. The molecule has 2 aromatic carbocycles. The minimum Gasteiger partial charge on any atom is -0.497 e. The number of benzene rings is 2. The molecule has 4 rings (SSSR count). The van der Waals surface area contributed by atoms with Crippen LogP contribution in [-0.2, 0) is 6.54 Å². The average molecular weight is 406 g/mol. The number of piperazine rings is 1. The Morgan fingerprint density at radius 1 is 1.13 bits per heavy atom. The quantitative estimate of drug-likeness (QED) is 0.556. The lowest BCUT2D eigenvalue weighted by Gasteiger charge is -2.32. The van der Waals surface area contributed by atoms with Gasteiger partial charge in [0.2, 0.25) is 5.82 Å². The van der Waals surface area contributed by atoms with E-state index >= 15 is 0 Å². The minimum absolute atomic E-state index is 0.0142. The summed E-state index contributed by atoms with van der Waals surface area (Å²) in [6.07, 6.45) is 0. The van der Waals surface area contributed by atoms with Crippen molar-refractivity contribution in [2.45, 2.75) is 12.6 Å². The third-order valence-electron chi connectivity index (χ3n) is 5.81. The van der Waals surface area contributed by atoms with Gasteiger partial charge in [0.1, 0.15) is 31.9 Å². The molecule has 0 aliphatic carbocycles. The molecular formula is C22H27N7O+2. The van der Waals surface area contributed by atoms with E-state index in [0.717, 1.165) is 48.9 Å². The van der Waals surface area contributed by atoms with Gasteiger partial charge < -0.3 is 14.5 Å². The Kier molecular flexibility index (Phi) is 6.02. The van der Waals surface area contributed by atoms with Gasteiger partial charge in [0.05, 0.1) is 32.3 Å². The van der Waals surface area contributed by atoms with Crippen molar-refractivity contribution in [3.05, 3.63) is 71.0 Å². The van der Waals surface area contributed by atoms with E-state index in [1.54, 1.807) is 12.0 Å². The zero-order chi connectivity index (χ0) is 20.9. The normalized spacial score (nSPS) is 19.8. The molecule has 30 heavy (non-hydrogen) atoms. The first-order valence-corrected chi connectivity index (χ1v) is 10.2. The van der Waals surface area contributed by atoms with Crippen LogP contribution in [0.3, 0.4) is 0 Å². The zero-order valence-electron chi connectivity index (χ0n) is 17.4. The fourth-order valence-corrected chi connectivity index (χ4v) is 4.08. The zero-order valence-corrected chi connectivity index (χ0v) is 17.4. The van der Waals surface area contributed by atoms with Crippen LogP contribution in [0.1, 0.15) is 28.6 Å². The number of tetrazole rings is 1. The molecule has 8 nitrogen and oxygen atoms in total. The van der Waals surface area contributed by atoms with E-state index in [9.17, 15) is 5.26 Å². The molecule has 2 N–H and O–H groups in total. The van der Waals surface area contributed by atoms with E-state index in [-0.39, 0.29) is 6.04 Å². The number of aromatic nitrogens is 4. The first kappa shape index (κ1) is 20.0. The Labute approximate surface area is 176 Å². The molecule has 1 saturated heterocycles. The molecule has 8 heteroatoms. The molecule has 3 aromatic rings. The van der Waals surface area contributed by atoms with Gasteiger partial charge in [-0.1, -0.05) is 24.3 Å². The summed E-state index contributed by atoms with van der Waals surface area (Å²) in [5, 5.41) is 22.1. The van der Waals surface area contributed by atoms with Crippen LogP contribution in [0.5, 0.6) is 5.75 Å². The smallest absolute Gasteiger partial charge is 0.214 e. The molecule has 1 fully saturated rings. The van der Waals surface area contributed by atoms with Crippen molar-refractivity contribution >= 4 is 0 Å². The summed E-state index contributed by atoms with van der Waals surface area (Å²) in [5.74, 6) is 1.65. The highest BCUT2D eigenvalue weighted by atomic mass is 16.5. The number of likely N-dealkylation sites (N-methyl/N-ethyl adjacent to an activating group) is 1. The lowest BCUT2D eigenvalue weighted by molar-refractivity contribution is -1.02. The Balaban J connectivity index is 1.68. The second-order valence-corrected chi connectivity index (χ2v) is 7.83. The Hall–Kier alpha value is -3.28. The molecule has 0 amide bonds. The number of ether oxygens (including phenoxy) is 1. The summed E-state index contributed by atoms with van der Waals surface area (Å²) < 4.78 is 7.13. The van der Waals surface area contributed by atoms with Gasteiger partial charge in [0.15, 0.2) is 6.04 Å². The molecule has 1 aliphatic rings. The summed E-state index contributed by atoms with van der Waals surface area (Å²) in [6, 6.07) is 18.0.